The number of carbonyl (C=O) groups is 2. The molecule has 1 aliphatic rings. The maximum absolute atomic E-state index is 12.4. The standard InChI is InChI=1S/C20H18ClN3O2S2/c1-11-2-3-12(9-15(11)21)8-14-10-22-20(27-14)24-19(26)16-6-7-17(28-16)23-18(25)13-4-5-13/h2-3,6-7,9-10,13H,4-5,8H2,1H3,(H,23,25)(H,22,24,26). The van der Waals surface area contributed by atoms with Gasteiger partial charge in [-0.05, 0) is 49.1 Å². The van der Waals surface area contributed by atoms with Crippen molar-refractivity contribution in [2.45, 2.75) is 26.2 Å². The molecule has 0 aliphatic heterocycles. The van der Waals surface area contributed by atoms with Crippen molar-refractivity contribution < 1.29 is 9.59 Å². The van der Waals surface area contributed by atoms with Crippen LogP contribution < -0.4 is 10.6 Å². The zero-order valence-electron chi connectivity index (χ0n) is 15.1. The van der Waals surface area contributed by atoms with Gasteiger partial charge in [0, 0.05) is 28.4 Å². The quantitative estimate of drug-likeness (QED) is 0.552. The van der Waals surface area contributed by atoms with E-state index in [9.17, 15) is 9.59 Å². The number of amides is 2. The van der Waals surface area contributed by atoms with Gasteiger partial charge in [-0.15, -0.1) is 22.7 Å². The number of hydrogen-bond donors (Lipinski definition) is 2. The summed E-state index contributed by atoms with van der Waals surface area (Å²) < 4.78 is 0. The number of rotatable bonds is 6. The summed E-state index contributed by atoms with van der Waals surface area (Å²) in [5, 5.41) is 7.68. The third-order valence-corrected chi connectivity index (χ3v) is 6.73. The number of anilines is 2. The van der Waals surface area contributed by atoms with Crippen LogP contribution in [0.25, 0.3) is 0 Å². The molecule has 0 bridgehead atoms. The Morgan fingerprint density at radius 1 is 1.18 bits per heavy atom. The first kappa shape index (κ1) is 19.1. The largest absolute Gasteiger partial charge is 0.317 e. The predicted molar refractivity (Wildman–Crippen MR) is 115 cm³/mol. The second kappa shape index (κ2) is 8.03. The van der Waals surface area contributed by atoms with Crippen LogP contribution >= 0.6 is 34.3 Å². The van der Waals surface area contributed by atoms with E-state index in [0.717, 1.165) is 33.9 Å². The molecule has 0 saturated heterocycles. The van der Waals surface area contributed by atoms with Gasteiger partial charge in [0.15, 0.2) is 5.13 Å². The zero-order valence-corrected chi connectivity index (χ0v) is 17.5. The fraction of sp³-hybridized carbons (Fsp3) is 0.250. The average Bonchev–Trinajstić information content (AvgIpc) is 3.27. The molecule has 2 heterocycles. The molecule has 0 spiro atoms. The third-order valence-electron chi connectivity index (χ3n) is 4.41. The zero-order chi connectivity index (χ0) is 19.7. The van der Waals surface area contributed by atoms with Gasteiger partial charge < -0.3 is 5.32 Å². The highest BCUT2D eigenvalue weighted by molar-refractivity contribution is 7.18. The van der Waals surface area contributed by atoms with Crippen molar-refractivity contribution in [3.63, 3.8) is 0 Å². The maximum atomic E-state index is 12.4. The van der Waals surface area contributed by atoms with Gasteiger partial charge in [0.05, 0.1) is 9.88 Å². The minimum atomic E-state index is -0.226. The molecule has 0 atom stereocenters. The van der Waals surface area contributed by atoms with E-state index in [1.165, 1.54) is 22.7 Å². The third kappa shape index (κ3) is 4.60. The van der Waals surface area contributed by atoms with Crippen LogP contribution in [0.4, 0.5) is 10.1 Å². The average molecular weight is 432 g/mol. The van der Waals surface area contributed by atoms with E-state index in [2.05, 4.69) is 15.6 Å². The molecule has 1 aromatic carbocycles. The van der Waals surface area contributed by atoms with Crippen LogP contribution in [0.3, 0.4) is 0 Å². The molecule has 2 N–H and O–H groups in total. The number of aryl methyl sites for hydroxylation is 1. The first-order chi connectivity index (χ1) is 13.5. The molecule has 1 fully saturated rings. The summed E-state index contributed by atoms with van der Waals surface area (Å²) >= 11 is 8.89. The second-order valence-corrected chi connectivity index (χ2v) is 9.38. The molecule has 144 valence electrons. The Kier molecular flexibility index (Phi) is 5.48. The van der Waals surface area contributed by atoms with E-state index >= 15 is 0 Å². The summed E-state index contributed by atoms with van der Waals surface area (Å²) in [5.74, 6) is -0.0534. The van der Waals surface area contributed by atoms with Crippen LogP contribution in [0.2, 0.25) is 5.02 Å². The SMILES string of the molecule is Cc1ccc(Cc2cnc(NC(=O)c3ccc(NC(=O)C4CC4)s3)s2)cc1Cl. The Labute approximate surface area is 175 Å². The molecule has 3 aromatic rings. The molecule has 5 nitrogen and oxygen atoms in total. The lowest BCUT2D eigenvalue weighted by atomic mass is 10.1. The first-order valence-corrected chi connectivity index (χ1v) is 10.9. The normalized spacial score (nSPS) is 13.4. The van der Waals surface area contributed by atoms with Crippen LogP contribution in [0.15, 0.2) is 36.5 Å². The molecule has 1 saturated carbocycles. The van der Waals surface area contributed by atoms with E-state index in [0.29, 0.717) is 21.4 Å². The fourth-order valence-electron chi connectivity index (χ4n) is 2.65. The molecule has 28 heavy (non-hydrogen) atoms. The molecule has 0 unspecified atom stereocenters. The Bertz CT molecular complexity index is 1040. The van der Waals surface area contributed by atoms with Gasteiger partial charge in [0.2, 0.25) is 5.91 Å². The number of nitrogens with one attached hydrogen (secondary N) is 2. The molecule has 0 radical (unpaired) electrons. The van der Waals surface area contributed by atoms with Crippen LogP contribution in [0.5, 0.6) is 0 Å². The van der Waals surface area contributed by atoms with E-state index in [4.69, 9.17) is 11.6 Å². The lowest BCUT2D eigenvalue weighted by Crippen LogP contribution is -2.12. The second-order valence-electron chi connectivity index (χ2n) is 6.77. The Hall–Kier alpha value is -2.22. The molecule has 8 heteroatoms. The van der Waals surface area contributed by atoms with Crippen LogP contribution in [0, 0.1) is 12.8 Å². The van der Waals surface area contributed by atoms with Crippen molar-refractivity contribution in [1.29, 1.82) is 0 Å². The van der Waals surface area contributed by atoms with E-state index in [1.807, 2.05) is 25.1 Å². The van der Waals surface area contributed by atoms with Crippen LogP contribution in [-0.2, 0) is 11.2 Å². The minimum absolute atomic E-state index is 0.0367. The van der Waals surface area contributed by atoms with E-state index in [1.54, 1.807) is 18.3 Å². The van der Waals surface area contributed by atoms with Gasteiger partial charge in [0.1, 0.15) is 0 Å². The predicted octanol–water partition coefficient (Wildman–Crippen LogP) is 5.36. The number of thiazole rings is 1. The van der Waals surface area contributed by atoms with Gasteiger partial charge in [-0.2, -0.15) is 0 Å². The van der Waals surface area contributed by atoms with E-state index < -0.39 is 0 Å². The van der Waals surface area contributed by atoms with Gasteiger partial charge in [0.25, 0.3) is 5.91 Å². The summed E-state index contributed by atoms with van der Waals surface area (Å²) in [6.07, 6.45) is 4.38. The van der Waals surface area contributed by atoms with Gasteiger partial charge in [-0.25, -0.2) is 4.98 Å². The molecular weight excluding hydrogens is 414 g/mol. The molecular formula is C20H18ClN3O2S2. The van der Waals surface area contributed by atoms with Crippen molar-refractivity contribution in [1.82, 2.24) is 4.98 Å². The number of carbonyl (C=O) groups excluding carboxylic acids is 2. The van der Waals surface area contributed by atoms with Crippen LogP contribution in [-0.4, -0.2) is 16.8 Å². The van der Waals surface area contributed by atoms with Crippen LogP contribution in [0.1, 0.15) is 38.5 Å². The van der Waals surface area contributed by atoms with Crippen molar-refractivity contribution in [2.24, 2.45) is 5.92 Å². The number of hydrogen-bond acceptors (Lipinski definition) is 5. The monoisotopic (exact) mass is 431 g/mol. The fourth-order valence-corrected chi connectivity index (χ4v) is 4.50. The lowest BCUT2D eigenvalue weighted by molar-refractivity contribution is -0.117. The summed E-state index contributed by atoms with van der Waals surface area (Å²) in [6.45, 7) is 1.97. The molecule has 4 rings (SSSR count). The Balaban J connectivity index is 1.36. The van der Waals surface area contributed by atoms with Crippen molar-refractivity contribution in [2.75, 3.05) is 10.6 Å². The molecule has 2 aromatic heterocycles. The number of thiophene rings is 1. The van der Waals surface area contributed by atoms with Gasteiger partial charge in [-0.1, -0.05) is 23.7 Å². The summed E-state index contributed by atoms with van der Waals surface area (Å²) in [7, 11) is 0. The Morgan fingerprint density at radius 2 is 2.00 bits per heavy atom. The maximum Gasteiger partial charge on any atom is 0.267 e. The summed E-state index contributed by atoms with van der Waals surface area (Å²) in [6, 6.07) is 9.47. The molecule has 2 amide bonds. The van der Waals surface area contributed by atoms with Gasteiger partial charge >= 0.3 is 0 Å². The van der Waals surface area contributed by atoms with Crippen molar-refractivity contribution in [3.8, 4) is 0 Å². The number of benzene rings is 1. The van der Waals surface area contributed by atoms with Crippen molar-refractivity contribution in [3.05, 3.63) is 62.4 Å². The first-order valence-electron chi connectivity index (χ1n) is 8.90. The van der Waals surface area contributed by atoms with E-state index in [-0.39, 0.29) is 17.7 Å². The van der Waals surface area contributed by atoms with Gasteiger partial charge in [-0.3, -0.25) is 14.9 Å². The number of aromatic nitrogens is 1. The summed E-state index contributed by atoms with van der Waals surface area (Å²) in [5.41, 5.74) is 2.15. The summed E-state index contributed by atoms with van der Waals surface area (Å²) in [4.78, 5) is 30.1. The highest BCUT2D eigenvalue weighted by Crippen LogP contribution is 2.32. The molecule has 1 aliphatic carbocycles. The topological polar surface area (TPSA) is 71.1 Å². The van der Waals surface area contributed by atoms with Crippen molar-refractivity contribution >= 4 is 56.2 Å². The minimum Gasteiger partial charge on any atom is -0.317 e. The lowest BCUT2D eigenvalue weighted by Gasteiger charge is -2.02. The highest BCUT2D eigenvalue weighted by Gasteiger charge is 2.29. The Morgan fingerprint density at radius 3 is 2.75 bits per heavy atom. The smallest absolute Gasteiger partial charge is 0.267 e. The number of halogens is 1. The number of nitrogens with zero attached hydrogens (tertiary/aromatic N) is 1. The highest BCUT2D eigenvalue weighted by atomic mass is 35.5.